The molecule has 2 aliphatic rings. The Labute approximate surface area is 147 Å². The lowest BCUT2D eigenvalue weighted by atomic mass is 9.89. The summed E-state index contributed by atoms with van der Waals surface area (Å²) in [6.45, 7) is 0.808. The summed E-state index contributed by atoms with van der Waals surface area (Å²) in [6.07, 6.45) is 5.69. The number of nitrogens with one attached hydrogen (secondary N) is 2. The Morgan fingerprint density at radius 3 is 2.92 bits per heavy atom. The minimum Gasteiger partial charge on any atom is -0.363 e. The number of hydrogen-bond donors (Lipinski definition) is 2. The minimum absolute atomic E-state index is 0.0360. The quantitative estimate of drug-likeness (QED) is 0.899. The van der Waals surface area contributed by atoms with Crippen molar-refractivity contribution in [1.82, 2.24) is 9.88 Å². The number of anilines is 1. The van der Waals surface area contributed by atoms with Gasteiger partial charge in [0, 0.05) is 36.5 Å². The lowest BCUT2D eigenvalue weighted by Gasteiger charge is -2.27. The predicted octanol–water partition coefficient (Wildman–Crippen LogP) is 3.27. The van der Waals surface area contributed by atoms with E-state index in [1.807, 2.05) is 47.5 Å². The molecule has 2 aromatic rings. The van der Waals surface area contributed by atoms with Gasteiger partial charge in [0.25, 0.3) is 0 Å². The summed E-state index contributed by atoms with van der Waals surface area (Å²) in [5.74, 6) is 0.0722. The topological polar surface area (TPSA) is 65.2 Å². The van der Waals surface area contributed by atoms with E-state index < -0.39 is 0 Å². The molecule has 0 saturated carbocycles. The molecule has 1 aromatic heterocycles. The van der Waals surface area contributed by atoms with Gasteiger partial charge in [-0.05, 0) is 49.4 Å². The zero-order valence-electron chi connectivity index (χ0n) is 14.2. The summed E-state index contributed by atoms with van der Waals surface area (Å²) >= 11 is 0. The van der Waals surface area contributed by atoms with Crippen LogP contribution in [0.25, 0.3) is 0 Å². The van der Waals surface area contributed by atoms with Crippen molar-refractivity contribution in [2.45, 2.75) is 38.1 Å². The van der Waals surface area contributed by atoms with Crippen molar-refractivity contribution >= 4 is 17.5 Å². The molecule has 5 heteroatoms. The fraction of sp³-hybridized carbons (Fsp3) is 0.400. The third-order valence-corrected chi connectivity index (χ3v) is 5.37. The number of hydrogen-bond acceptors (Lipinski definition) is 2. The fourth-order valence-electron chi connectivity index (χ4n) is 4.03. The molecule has 1 aromatic carbocycles. The van der Waals surface area contributed by atoms with Crippen molar-refractivity contribution in [1.29, 1.82) is 0 Å². The van der Waals surface area contributed by atoms with E-state index in [2.05, 4.69) is 10.3 Å². The second kappa shape index (κ2) is 6.75. The number of fused-ring (bicyclic) bond motifs is 1. The summed E-state index contributed by atoms with van der Waals surface area (Å²) in [5.41, 5.74) is 3.17. The highest BCUT2D eigenvalue weighted by atomic mass is 16.2. The molecule has 4 rings (SSSR count). The zero-order chi connectivity index (χ0) is 17.2. The largest absolute Gasteiger partial charge is 0.363 e. The smallest absolute Gasteiger partial charge is 0.227 e. The molecule has 0 spiro atoms. The minimum atomic E-state index is -0.120. The highest BCUT2D eigenvalue weighted by Gasteiger charge is 2.32. The standard InChI is InChI=1S/C20H23N3O2/c24-19(23-12-4-8-18(23)17-7-3-11-21-17)10-9-15-13-14-5-1-2-6-16(14)22-20(15)25/h1-3,5-7,11,15,18,21H,4,8-10,12-13H2,(H,22,25). The summed E-state index contributed by atoms with van der Waals surface area (Å²) < 4.78 is 0. The van der Waals surface area contributed by atoms with E-state index in [4.69, 9.17) is 0 Å². The lowest BCUT2D eigenvalue weighted by molar-refractivity contribution is -0.132. The van der Waals surface area contributed by atoms with Crippen LogP contribution >= 0.6 is 0 Å². The van der Waals surface area contributed by atoms with Crippen LogP contribution in [0.5, 0.6) is 0 Å². The maximum atomic E-state index is 12.7. The third kappa shape index (κ3) is 3.18. The number of para-hydroxylation sites is 1. The maximum Gasteiger partial charge on any atom is 0.227 e. The van der Waals surface area contributed by atoms with Gasteiger partial charge in [-0.15, -0.1) is 0 Å². The highest BCUT2D eigenvalue weighted by Crippen LogP contribution is 2.33. The second-order valence-electron chi connectivity index (χ2n) is 6.96. The molecule has 2 amide bonds. The summed E-state index contributed by atoms with van der Waals surface area (Å²) in [5, 5.41) is 2.97. The van der Waals surface area contributed by atoms with Gasteiger partial charge in [0.05, 0.1) is 6.04 Å². The van der Waals surface area contributed by atoms with Gasteiger partial charge >= 0.3 is 0 Å². The van der Waals surface area contributed by atoms with Crippen molar-refractivity contribution in [3.8, 4) is 0 Å². The van der Waals surface area contributed by atoms with Gasteiger partial charge in [-0.2, -0.15) is 0 Å². The Kier molecular flexibility index (Phi) is 4.30. The van der Waals surface area contributed by atoms with Crippen molar-refractivity contribution < 1.29 is 9.59 Å². The van der Waals surface area contributed by atoms with Crippen LogP contribution in [0.3, 0.4) is 0 Å². The number of H-pyrrole nitrogens is 1. The first-order valence-corrected chi connectivity index (χ1v) is 9.04. The number of rotatable bonds is 4. The Balaban J connectivity index is 1.38. The average Bonchev–Trinajstić information content (AvgIpc) is 3.30. The van der Waals surface area contributed by atoms with Crippen LogP contribution in [0.15, 0.2) is 42.6 Å². The van der Waals surface area contributed by atoms with Crippen molar-refractivity contribution in [2.24, 2.45) is 5.92 Å². The van der Waals surface area contributed by atoms with Gasteiger partial charge in [0.2, 0.25) is 11.8 Å². The van der Waals surface area contributed by atoms with Crippen LogP contribution in [0.2, 0.25) is 0 Å². The molecule has 2 aliphatic heterocycles. The van der Waals surface area contributed by atoms with Crippen LogP contribution in [0.1, 0.15) is 43.0 Å². The predicted molar refractivity (Wildman–Crippen MR) is 96.0 cm³/mol. The van der Waals surface area contributed by atoms with Crippen LogP contribution < -0.4 is 5.32 Å². The molecular weight excluding hydrogens is 314 g/mol. The van der Waals surface area contributed by atoms with Crippen molar-refractivity contribution in [3.05, 3.63) is 53.9 Å². The molecule has 2 unspecified atom stereocenters. The van der Waals surface area contributed by atoms with E-state index in [1.165, 1.54) is 0 Å². The van der Waals surface area contributed by atoms with E-state index in [0.29, 0.717) is 12.8 Å². The van der Waals surface area contributed by atoms with Crippen LogP contribution in [-0.2, 0) is 16.0 Å². The molecule has 0 aliphatic carbocycles. The van der Waals surface area contributed by atoms with E-state index >= 15 is 0 Å². The molecule has 2 N–H and O–H groups in total. The van der Waals surface area contributed by atoms with Crippen molar-refractivity contribution in [2.75, 3.05) is 11.9 Å². The molecule has 5 nitrogen and oxygen atoms in total. The SMILES string of the molecule is O=C1Nc2ccccc2CC1CCC(=O)N1CCCC1c1ccc[nH]1. The number of likely N-dealkylation sites (tertiary alicyclic amines) is 1. The van der Waals surface area contributed by atoms with E-state index in [-0.39, 0.29) is 23.8 Å². The number of amides is 2. The Morgan fingerprint density at radius 2 is 2.08 bits per heavy atom. The molecule has 1 fully saturated rings. The summed E-state index contributed by atoms with van der Waals surface area (Å²) in [6, 6.07) is 12.1. The van der Waals surface area contributed by atoms with Crippen LogP contribution in [-0.4, -0.2) is 28.2 Å². The first kappa shape index (κ1) is 15.9. The number of benzene rings is 1. The summed E-state index contributed by atoms with van der Waals surface area (Å²) in [4.78, 5) is 30.2. The Hall–Kier alpha value is -2.56. The number of carbonyl (C=O) groups excluding carboxylic acids is 2. The van der Waals surface area contributed by atoms with Gasteiger partial charge in [0.15, 0.2) is 0 Å². The van der Waals surface area contributed by atoms with Gasteiger partial charge in [-0.1, -0.05) is 18.2 Å². The highest BCUT2D eigenvalue weighted by molar-refractivity contribution is 5.96. The van der Waals surface area contributed by atoms with E-state index in [9.17, 15) is 9.59 Å². The van der Waals surface area contributed by atoms with Gasteiger partial charge in [-0.3, -0.25) is 9.59 Å². The first-order chi connectivity index (χ1) is 12.2. The normalized spacial score (nSPS) is 22.6. The molecule has 3 heterocycles. The lowest BCUT2D eigenvalue weighted by Crippen LogP contribution is -2.33. The third-order valence-electron chi connectivity index (χ3n) is 5.37. The zero-order valence-corrected chi connectivity index (χ0v) is 14.2. The van der Waals surface area contributed by atoms with Crippen LogP contribution in [0, 0.1) is 5.92 Å². The molecule has 0 bridgehead atoms. The molecule has 2 atom stereocenters. The molecule has 0 radical (unpaired) electrons. The summed E-state index contributed by atoms with van der Waals surface area (Å²) in [7, 11) is 0. The molecule has 130 valence electrons. The molecular formula is C20H23N3O2. The average molecular weight is 337 g/mol. The second-order valence-corrected chi connectivity index (χ2v) is 6.96. The van der Waals surface area contributed by atoms with Crippen molar-refractivity contribution in [3.63, 3.8) is 0 Å². The number of nitrogens with zero attached hydrogens (tertiary/aromatic N) is 1. The van der Waals surface area contributed by atoms with E-state index in [0.717, 1.165) is 42.8 Å². The van der Waals surface area contributed by atoms with Crippen LogP contribution in [0.4, 0.5) is 5.69 Å². The number of aromatic nitrogens is 1. The number of aromatic amines is 1. The Bertz CT molecular complexity index is 769. The van der Waals surface area contributed by atoms with Gasteiger partial charge < -0.3 is 15.2 Å². The number of carbonyl (C=O) groups is 2. The fourth-order valence-corrected chi connectivity index (χ4v) is 4.03. The molecule has 25 heavy (non-hydrogen) atoms. The monoisotopic (exact) mass is 337 g/mol. The Morgan fingerprint density at radius 1 is 1.20 bits per heavy atom. The van der Waals surface area contributed by atoms with E-state index in [1.54, 1.807) is 0 Å². The van der Waals surface area contributed by atoms with Gasteiger partial charge in [0.1, 0.15) is 0 Å². The first-order valence-electron chi connectivity index (χ1n) is 9.04. The maximum absolute atomic E-state index is 12.7. The molecule has 1 saturated heterocycles. The van der Waals surface area contributed by atoms with Gasteiger partial charge in [-0.25, -0.2) is 0 Å².